The normalized spacial score (nSPS) is 25.0. The Morgan fingerprint density at radius 1 is 1.62 bits per heavy atom. The van der Waals surface area contributed by atoms with Gasteiger partial charge in [0.2, 0.25) is 11.7 Å². The SMILES string of the molecule is O=C(CBr)NCC1OC(n2cc(F)c(=O)[nH]c2=O)CC1O. The fraction of sp³-hybridized carbons (Fsp3) is 0.545. The Morgan fingerprint density at radius 3 is 3.00 bits per heavy atom. The zero-order chi connectivity index (χ0) is 15.6. The molecule has 3 N–H and O–H groups in total. The second kappa shape index (κ2) is 6.50. The summed E-state index contributed by atoms with van der Waals surface area (Å²) in [6.45, 7) is 0.0582. The topological polar surface area (TPSA) is 113 Å². The van der Waals surface area contributed by atoms with Crippen LogP contribution < -0.4 is 16.6 Å². The number of hydrogen-bond acceptors (Lipinski definition) is 5. The molecule has 116 valence electrons. The number of aromatic amines is 1. The molecule has 0 aliphatic carbocycles. The second-order valence-electron chi connectivity index (χ2n) is 4.51. The molecule has 0 radical (unpaired) electrons. The number of aliphatic hydroxyl groups excluding tert-OH is 1. The van der Waals surface area contributed by atoms with Crippen LogP contribution in [-0.4, -0.2) is 44.6 Å². The third kappa shape index (κ3) is 3.57. The van der Waals surface area contributed by atoms with Crippen molar-refractivity contribution >= 4 is 21.8 Å². The van der Waals surface area contributed by atoms with E-state index in [1.54, 1.807) is 0 Å². The van der Waals surface area contributed by atoms with Gasteiger partial charge in [0, 0.05) is 13.0 Å². The van der Waals surface area contributed by atoms with Crippen molar-refractivity contribution in [3.8, 4) is 0 Å². The minimum Gasteiger partial charge on any atom is -0.390 e. The summed E-state index contributed by atoms with van der Waals surface area (Å²) < 4.78 is 19.5. The maximum Gasteiger partial charge on any atom is 0.330 e. The molecule has 1 aromatic rings. The molecule has 1 aromatic heterocycles. The molecule has 3 atom stereocenters. The Morgan fingerprint density at radius 2 is 2.33 bits per heavy atom. The van der Waals surface area contributed by atoms with E-state index in [4.69, 9.17) is 4.74 Å². The number of alkyl halides is 1. The van der Waals surface area contributed by atoms with Gasteiger partial charge in [-0.2, -0.15) is 4.39 Å². The van der Waals surface area contributed by atoms with Crippen molar-refractivity contribution in [3.63, 3.8) is 0 Å². The van der Waals surface area contributed by atoms with Crippen molar-refractivity contribution in [1.29, 1.82) is 0 Å². The quantitative estimate of drug-likeness (QED) is 0.582. The molecule has 3 unspecified atom stereocenters. The molecule has 21 heavy (non-hydrogen) atoms. The number of hydrogen-bond donors (Lipinski definition) is 3. The Balaban J connectivity index is 2.10. The number of aromatic nitrogens is 2. The van der Waals surface area contributed by atoms with Gasteiger partial charge in [0.15, 0.2) is 0 Å². The smallest absolute Gasteiger partial charge is 0.330 e. The molecule has 1 aliphatic heterocycles. The first-order valence-electron chi connectivity index (χ1n) is 6.09. The summed E-state index contributed by atoms with van der Waals surface area (Å²) >= 11 is 2.98. The summed E-state index contributed by atoms with van der Waals surface area (Å²) in [7, 11) is 0. The Labute approximate surface area is 126 Å². The summed E-state index contributed by atoms with van der Waals surface area (Å²) in [5.74, 6) is -1.40. The lowest BCUT2D eigenvalue weighted by molar-refractivity contribution is -0.119. The van der Waals surface area contributed by atoms with Crippen LogP contribution in [0.5, 0.6) is 0 Å². The van der Waals surface area contributed by atoms with Crippen LogP contribution in [0.15, 0.2) is 15.8 Å². The molecule has 8 nitrogen and oxygen atoms in total. The van der Waals surface area contributed by atoms with Crippen molar-refractivity contribution < 1.29 is 19.0 Å². The molecule has 0 saturated carbocycles. The van der Waals surface area contributed by atoms with Crippen LogP contribution in [0.4, 0.5) is 4.39 Å². The number of H-pyrrole nitrogens is 1. The number of aliphatic hydroxyl groups is 1. The van der Waals surface area contributed by atoms with E-state index >= 15 is 0 Å². The second-order valence-corrected chi connectivity index (χ2v) is 5.07. The van der Waals surface area contributed by atoms with E-state index in [-0.39, 0.29) is 24.2 Å². The van der Waals surface area contributed by atoms with Gasteiger partial charge in [0.25, 0.3) is 5.56 Å². The standard InChI is InChI=1S/C11H13BrFN3O5/c12-2-8(18)14-3-7-6(17)1-9(21-7)16-4-5(13)10(19)15-11(16)20/h4,6-7,9,17H,1-3H2,(H,14,18)(H,15,19,20). The van der Waals surface area contributed by atoms with Gasteiger partial charge in [-0.25, -0.2) is 4.79 Å². The van der Waals surface area contributed by atoms with Gasteiger partial charge in [-0.15, -0.1) is 0 Å². The van der Waals surface area contributed by atoms with Gasteiger partial charge in [0.05, 0.1) is 17.6 Å². The molecule has 2 heterocycles. The highest BCUT2D eigenvalue weighted by Crippen LogP contribution is 2.27. The molecule has 1 amide bonds. The summed E-state index contributed by atoms with van der Waals surface area (Å²) in [5, 5.41) is 12.5. The molecule has 1 saturated heterocycles. The Bertz CT molecular complexity index is 645. The van der Waals surface area contributed by atoms with Crippen LogP contribution in [0.2, 0.25) is 0 Å². The van der Waals surface area contributed by atoms with E-state index < -0.39 is 35.5 Å². The fourth-order valence-corrected chi connectivity index (χ4v) is 2.20. The highest BCUT2D eigenvalue weighted by atomic mass is 79.9. The summed E-state index contributed by atoms with van der Waals surface area (Å²) in [6, 6.07) is 0. The zero-order valence-corrected chi connectivity index (χ0v) is 12.3. The predicted molar refractivity (Wildman–Crippen MR) is 72.6 cm³/mol. The Kier molecular flexibility index (Phi) is 4.91. The molecular formula is C11H13BrFN3O5. The first-order valence-corrected chi connectivity index (χ1v) is 7.21. The molecule has 0 bridgehead atoms. The van der Waals surface area contributed by atoms with Gasteiger partial charge in [0.1, 0.15) is 12.3 Å². The van der Waals surface area contributed by atoms with Gasteiger partial charge < -0.3 is 15.2 Å². The Hall–Kier alpha value is -1.52. The zero-order valence-electron chi connectivity index (χ0n) is 10.7. The number of carbonyl (C=O) groups excluding carboxylic acids is 1. The molecule has 0 aromatic carbocycles. The largest absolute Gasteiger partial charge is 0.390 e. The van der Waals surface area contributed by atoms with E-state index in [0.29, 0.717) is 0 Å². The number of ether oxygens (including phenoxy) is 1. The molecule has 1 fully saturated rings. The van der Waals surface area contributed by atoms with Crippen LogP contribution in [0.1, 0.15) is 12.6 Å². The lowest BCUT2D eigenvalue weighted by Crippen LogP contribution is -2.38. The van der Waals surface area contributed by atoms with Crippen molar-refractivity contribution in [1.82, 2.24) is 14.9 Å². The van der Waals surface area contributed by atoms with E-state index in [1.165, 1.54) is 0 Å². The van der Waals surface area contributed by atoms with Crippen LogP contribution in [0, 0.1) is 5.82 Å². The number of nitrogens with one attached hydrogen (secondary N) is 2. The van der Waals surface area contributed by atoms with E-state index in [1.807, 2.05) is 4.98 Å². The average molecular weight is 366 g/mol. The molecular weight excluding hydrogens is 353 g/mol. The number of amides is 1. The average Bonchev–Trinajstić information content (AvgIpc) is 2.81. The van der Waals surface area contributed by atoms with Crippen LogP contribution >= 0.6 is 15.9 Å². The third-order valence-electron chi connectivity index (χ3n) is 3.06. The number of nitrogens with zero attached hydrogens (tertiary/aromatic N) is 1. The maximum absolute atomic E-state index is 13.2. The minimum absolute atomic E-state index is 0.0419. The van der Waals surface area contributed by atoms with Gasteiger partial charge in [-0.3, -0.25) is 19.1 Å². The lowest BCUT2D eigenvalue weighted by atomic mass is 10.2. The van der Waals surface area contributed by atoms with Crippen molar-refractivity contribution in [2.45, 2.75) is 24.9 Å². The summed E-state index contributed by atoms with van der Waals surface area (Å²) in [4.78, 5) is 35.5. The highest BCUT2D eigenvalue weighted by Gasteiger charge is 2.35. The molecule has 0 spiro atoms. The summed E-state index contributed by atoms with van der Waals surface area (Å²) in [6.07, 6.45) is -1.78. The van der Waals surface area contributed by atoms with Crippen LogP contribution in [0.3, 0.4) is 0 Å². The maximum atomic E-state index is 13.2. The van der Waals surface area contributed by atoms with Gasteiger partial charge >= 0.3 is 5.69 Å². The van der Waals surface area contributed by atoms with Gasteiger partial charge in [-0.05, 0) is 0 Å². The van der Waals surface area contributed by atoms with Crippen LogP contribution in [-0.2, 0) is 9.53 Å². The highest BCUT2D eigenvalue weighted by molar-refractivity contribution is 9.09. The van der Waals surface area contributed by atoms with E-state index in [9.17, 15) is 23.9 Å². The van der Waals surface area contributed by atoms with Gasteiger partial charge in [-0.1, -0.05) is 15.9 Å². The first-order chi connectivity index (χ1) is 9.92. The fourth-order valence-electron chi connectivity index (χ4n) is 2.01. The van der Waals surface area contributed by atoms with Crippen molar-refractivity contribution in [2.24, 2.45) is 0 Å². The van der Waals surface area contributed by atoms with E-state index in [0.717, 1.165) is 10.8 Å². The van der Waals surface area contributed by atoms with Crippen molar-refractivity contribution in [2.75, 3.05) is 11.9 Å². The molecule has 2 rings (SSSR count). The predicted octanol–water partition coefficient (Wildman–Crippen LogP) is -1.16. The number of rotatable bonds is 4. The van der Waals surface area contributed by atoms with Crippen LogP contribution in [0.25, 0.3) is 0 Å². The monoisotopic (exact) mass is 365 g/mol. The third-order valence-corrected chi connectivity index (χ3v) is 3.57. The molecule has 10 heteroatoms. The lowest BCUT2D eigenvalue weighted by Gasteiger charge is -2.16. The molecule has 1 aliphatic rings. The number of halogens is 2. The van der Waals surface area contributed by atoms with Crippen molar-refractivity contribution in [3.05, 3.63) is 32.9 Å². The summed E-state index contributed by atoms with van der Waals surface area (Å²) in [5.41, 5.74) is -1.94. The first kappa shape index (κ1) is 15.9. The van der Waals surface area contributed by atoms with E-state index in [2.05, 4.69) is 21.2 Å². The number of carbonyl (C=O) groups is 1. The minimum atomic E-state index is -1.12.